The van der Waals surface area contributed by atoms with Crippen molar-refractivity contribution in [3.05, 3.63) is 47.1 Å². The Morgan fingerprint density at radius 2 is 2.07 bits per heavy atom. The summed E-state index contributed by atoms with van der Waals surface area (Å²) >= 11 is 1.45. The van der Waals surface area contributed by atoms with Crippen LogP contribution in [0.3, 0.4) is 0 Å². The fourth-order valence-electron chi connectivity index (χ4n) is 3.13. The molecule has 1 fully saturated rings. The van der Waals surface area contributed by atoms with Gasteiger partial charge in [0, 0.05) is 23.7 Å². The first-order chi connectivity index (χ1) is 13.4. The van der Waals surface area contributed by atoms with Crippen molar-refractivity contribution in [2.24, 2.45) is 5.92 Å². The third-order valence-electron chi connectivity index (χ3n) is 4.39. The van der Waals surface area contributed by atoms with Crippen LogP contribution in [0.25, 0.3) is 11.5 Å². The van der Waals surface area contributed by atoms with Gasteiger partial charge in [-0.05, 0) is 42.2 Å². The van der Waals surface area contributed by atoms with E-state index in [-0.39, 0.29) is 11.6 Å². The first-order valence-corrected chi connectivity index (χ1v) is 11.5. The minimum absolute atomic E-state index is 0.184. The van der Waals surface area contributed by atoms with E-state index in [0.29, 0.717) is 35.5 Å². The van der Waals surface area contributed by atoms with Gasteiger partial charge < -0.3 is 14.7 Å². The molecule has 1 saturated heterocycles. The molecule has 2 atom stereocenters. The van der Waals surface area contributed by atoms with Gasteiger partial charge in [-0.15, -0.1) is 11.3 Å². The fourth-order valence-corrected chi connectivity index (χ4v) is 5.84. The fraction of sp³-hybridized carbons (Fsp3) is 0.368. The quantitative estimate of drug-likeness (QED) is 0.604. The van der Waals surface area contributed by atoms with E-state index in [2.05, 4.69) is 23.8 Å². The zero-order valence-electron chi connectivity index (χ0n) is 15.7. The van der Waals surface area contributed by atoms with E-state index < -0.39 is 7.60 Å². The van der Waals surface area contributed by atoms with Gasteiger partial charge in [-0.1, -0.05) is 13.8 Å². The molecule has 2 N–H and O–H groups in total. The van der Waals surface area contributed by atoms with Crippen LogP contribution in [0, 0.1) is 5.92 Å². The van der Waals surface area contributed by atoms with Crippen molar-refractivity contribution in [2.45, 2.75) is 32.8 Å². The number of nitrogen functional groups attached to an aromatic ring is 1. The van der Waals surface area contributed by atoms with Gasteiger partial charge in [0.1, 0.15) is 5.69 Å². The molecule has 0 spiro atoms. The lowest BCUT2D eigenvalue weighted by molar-refractivity contribution is 0.0854. The lowest BCUT2D eigenvalue weighted by Gasteiger charge is -2.28. The number of nitrogens with two attached hydrogens (primary N) is 1. The average Bonchev–Trinajstić information content (AvgIpc) is 3.29. The molecule has 1 aliphatic heterocycles. The number of thiazole rings is 1. The van der Waals surface area contributed by atoms with E-state index in [9.17, 15) is 4.57 Å². The highest BCUT2D eigenvalue weighted by Crippen LogP contribution is 2.55. The van der Waals surface area contributed by atoms with Crippen LogP contribution in [0.5, 0.6) is 0 Å². The molecule has 1 unspecified atom stereocenters. The summed E-state index contributed by atoms with van der Waals surface area (Å²) in [6.07, 6.45) is 4.50. The molecule has 28 heavy (non-hydrogen) atoms. The maximum Gasteiger partial charge on any atom is 0.396 e. The molecule has 9 heteroatoms. The van der Waals surface area contributed by atoms with Gasteiger partial charge in [-0.25, -0.2) is 4.98 Å². The topological polar surface area (TPSA) is 100 Å². The van der Waals surface area contributed by atoms with Crippen LogP contribution in [-0.4, -0.2) is 16.6 Å². The van der Waals surface area contributed by atoms with Crippen LogP contribution in [0.1, 0.15) is 36.8 Å². The van der Waals surface area contributed by atoms with E-state index in [1.54, 1.807) is 24.5 Å². The summed E-state index contributed by atoms with van der Waals surface area (Å²) in [6, 6.07) is 7.09. The number of furan rings is 1. The second-order valence-corrected chi connectivity index (χ2v) is 10.1. The molecule has 148 valence electrons. The summed E-state index contributed by atoms with van der Waals surface area (Å²) in [5.74, 6) is 0.976. The third-order valence-corrected chi connectivity index (χ3v) is 7.13. The second-order valence-electron chi connectivity index (χ2n) is 7.05. The molecule has 3 aromatic heterocycles. The molecule has 0 amide bonds. The highest BCUT2D eigenvalue weighted by molar-refractivity contribution is 7.61. The maximum atomic E-state index is 13.3. The van der Waals surface area contributed by atoms with Gasteiger partial charge >= 0.3 is 7.60 Å². The van der Waals surface area contributed by atoms with E-state index in [4.69, 9.17) is 19.2 Å². The molecular formula is C19H22N3O4PS. The Hall–Kier alpha value is -1.99. The van der Waals surface area contributed by atoms with Gasteiger partial charge in [-0.3, -0.25) is 14.1 Å². The Bertz CT molecular complexity index is 1000. The molecule has 3 aromatic rings. The number of hydrogen-bond acceptors (Lipinski definition) is 8. The molecule has 4 rings (SSSR count). The second kappa shape index (κ2) is 7.79. The first kappa shape index (κ1) is 19.3. The van der Waals surface area contributed by atoms with Crippen molar-refractivity contribution in [3.8, 4) is 11.5 Å². The minimum Gasteiger partial charge on any atom is -0.446 e. The van der Waals surface area contributed by atoms with Crippen molar-refractivity contribution in [1.82, 2.24) is 9.97 Å². The van der Waals surface area contributed by atoms with Crippen LogP contribution in [-0.2, 0) is 20.0 Å². The number of anilines is 1. The van der Waals surface area contributed by atoms with Crippen LogP contribution in [0.15, 0.2) is 41.1 Å². The monoisotopic (exact) mass is 419 g/mol. The Labute approximate surface area is 167 Å². The Morgan fingerprint density at radius 3 is 2.82 bits per heavy atom. The van der Waals surface area contributed by atoms with Crippen LogP contribution in [0.4, 0.5) is 5.13 Å². The summed E-state index contributed by atoms with van der Waals surface area (Å²) in [7, 11) is -3.57. The van der Waals surface area contributed by atoms with Gasteiger partial charge in [0.2, 0.25) is 5.50 Å². The molecule has 0 radical (unpaired) electrons. The standard InChI is InChI=1S/C19H22N3O4PS/c1-12(2)11-16-18(22-19(20)28-16)15-3-4-17(25-15)27(23)24-10-7-14(26-27)13-5-8-21-9-6-13/h3-6,8-9,12,14H,7,10-11H2,1-2H3,(H2,20,22)/t14-,27?/m1/s1. The Morgan fingerprint density at radius 1 is 1.29 bits per heavy atom. The number of pyridine rings is 1. The van der Waals surface area contributed by atoms with Crippen molar-refractivity contribution in [2.75, 3.05) is 12.3 Å². The highest BCUT2D eigenvalue weighted by Gasteiger charge is 2.39. The minimum atomic E-state index is -3.57. The molecule has 0 aromatic carbocycles. The molecule has 0 bridgehead atoms. The summed E-state index contributed by atoms with van der Waals surface area (Å²) in [4.78, 5) is 9.46. The van der Waals surface area contributed by atoms with Crippen molar-refractivity contribution < 1.29 is 18.0 Å². The first-order valence-electron chi connectivity index (χ1n) is 9.13. The normalized spacial score (nSPS) is 22.6. The summed E-state index contributed by atoms with van der Waals surface area (Å²) in [5, 5.41) is 0.484. The van der Waals surface area contributed by atoms with Crippen LogP contribution < -0.4 is 11.2 Å². The SMILES string of the molecule is CC(C)Cc1sc(N)nc1-c1ccc(P2(=O)OCC[C@H](c3ccncc3)O2)o1. The van der Waals surface area contributed by atoms with E-state index >= 15 is 0 Å². The lowest BCUT2D eigenvalue weighted by atomic mass is 10.1. The molecular weight excluding hydrogens is 397 g/mol. The van der Waals surface area contributed by atoms with Crippen molar-refractivity contribution in [1.29, 1.82) is 0 Å². The summed E-state index contributed by atoms with van der Waals surface area (Å²) in [6.45, 7) is 4.59. The average molecular weight is 419 g/mol. The van der Waals surface area contributed by atoms with Crippen molar-refractivity contribution >= 4 is 29.6 Å². The molecule has 1 aliphatic rings. The lowest BCUT2D eigenvalue weighted by Crippen LogP contribution is -2.19. The molecule has 0 saturated carbocycles. The highest BCUT2D eigenvalue weighted by atomic mass is 32.1. The number of hydrogen-bond donors (Lipinski definition) is 1. The van der Waals surface area contributed by atoms with E-state index in [1.165, 1.54) is 11.3 Å². The predicted molar refractivity (Wildman–Crippen MR) is 109 cm³/mol. The smallest absolute Gasteiger partial charge is 0.396 e. The van der Waals surface area contributed by atoms with Crippen molar-refractivity contribution in [3.63, 3.8) is 0 Å². The zero-order valence-corrected chi connectivity index (χ0v) is 17.4. The van der Waals surface area contributed by atoms with Crippen LogP contribution >= 0.6 is 18.9 Å². The van der Waals surface area contributed by atoms with Crippen LogP contribution in [0.2, 0.25) is 0 Å². The third kappa shape index (κ3) is 3.91. The molecule has 7 nitrogen and oxygen atoms in total. The zero-order chi connectivity index (χ0) is 19.7. The molecule has 0 aliphatic carbocycles. The maximum absolute atomic E-state index is 13.3. The van der Waals surface area contributed by atoms with Gasteiger partial charge in [-0.2, -0.15) is 0 Å². The predicted octanol–water partition coefficient (Wildman–Crippen LogP) is 4.58. The van der Waals surface area contributed by atoms with E-state index in [0.717, 1.165) is 16.9 Å². The Balaban J connectivity index is 1.61. The number of nitrogens with zero attached hydrogens (tertiary/aromatic N) is 2. The van der Waals surface area contributed by atoms with Gasteiger partial charge in [0.05, 0.1) is 12.7 Å². The number of rotatable bonds is 5. The largest absolute Gasteiger partial charge is 0.446 e. The molecule has 4 heterocycles. The number of aromatic nitrogens is 2. The van der Waals surface area contributed by atoms with Gasteiger partial charge in [0.15, 0.2) is 10.9 Å². The Kier molecular flexibility index (Phi) is 5.38. The van der Waals surface area contributed by atoms with Gasteiger partial charge in [0.25, 0.3) is 0 Å². The summed E-state index contributed by atoms with van der Waals surface area (Å²) in [5.41, 5.74) is 7.70. The summed E-state index contributed by atoms with van der Waals surface area (Å²) < 4.78 is 30.6. The van der Waals surface area contributed by atoms with E-state index in [1.807, 2.05) is 12.1 Å².